The average molecular weight is 246 g/mol. The molecule has 1 N–H and O–H groups in total. The molecule has 0 amide bonds. The fourth-order valence-electron chi connectivity index (χ4n) is 1.78. The maximum Gasteiger partial charge on any atom is 0.119 e. The van der Waals surface area contributed by atoms with Crippen molar-refractivity contribution in [2.45, 2.75) is 19.4 Å². The van der Waals surface area contributed by atoms with Crippen LogP contribution in [0.2, 0.25) is 0 Å². The van der Waals surface area contributed by atoms with Crippen LogP contribution >= 0.6 is 0 Å². The zero-order chi connectivity index (χ0) is 12.8. The van der Waals surface area contributed by atoms with Gasteiger partial charge in [-0.05, 0) is 24.6 Å². The van der Waals surface area contributed by atoms with Gasteiger partial charge in [-0.15, -0.1) is 0 Å². The number of para-hydroxylation sites is 1. The highest BCUT2D eigenvalue weighted by Gasteiger charge is 2.14. The average Bonchev–Trinajstić information content (AvgIpc) is 2.89. The molecule has 0 aliphatic heterocycles. The molecule has 2 aromatic rings. The second-order valence-corrected chi connectivity index (χ2v) is 4.09. The third-order valence-electron chi connectivity index (χ3n) is 2.64. The number of aliphatic hydroxyl groups excluding tert-OH is 1. The smallest absolute Gasteiger partial charge is 0.119 e. The van der Waals surface area contributed by atoms with Gasteiger partial charge in [0.05, 0.1) is 18.0 Å². The van der Waals surface area contributed by atoms with Gasteiger partial charge in [-0.25, -0.2) is 4.68 Å². The molecule has 0 bridgehead atoms. The van der Waals surface area contributed by atoms with Crippen molar-refractivity contribution in [2.24, 2.45) is 0 Å². The van der Waals surface area contributed by atoms with E-state index in [-0.39, 0.29) is 0 Å². The van der Waals surface area contributed by atoms with E-state index in [1.807, 2.05) is 43.3 Å². The first-order valence-corrected chi connectivity index (χ1v) is 6.18. The lowest BCUT2D eigenvalue weighted by Crippen LogP contribution is -2.13. The third-order valence-corrected chi connectivity index (χ3v) is 2.64. The van der Waals surface area contributed by atoms with Gasteiger partial charge in [0.15, 0.2) is 0 Å². The molecule has 0 fully saturated rings. The van der Waals surface area contributed by atoms with E-state index >= 15 is 0 Å². The van der Waals surface area contributed by atoms with Crippen LogP contribution in [0.3, 0.4) is 0 Å². The fourth-order valence-corrected chi connectivity index (χ4v) is 1.78. The van der Waals surface area contributed by atoms with Crippen LogP contribution in [-0.2, 0) is 4.74 Å². The van der Waals surface area contributed by atoms with Crippen molar-refractivity contribution < 1.29 is 9.84 Å². The van der Waals surface area contributed by atoms with Gasteiger partial charge in [-0.3, -0.25) is 0 Å². The summed E-state index contributed by atoms with van der Waals surface area (Å²) in [5.74, 6) is 0. The van der Waals surface area contributed by atoms with Crippen LogP contribution in [-0.4, -0.2) is 28.1 Å². The maximum absolute atomic E-state index is 10.1. The van der Waals surface area contributed by atoms with E-state index < -0.39 is 6.10 Å². The van der Waals surface area contributed by atoms with Gasteiger partial charge in [-0.2, -0.15) is 5.10 Å². The first kappa shape index (κ1) is 12.8. The van der Waals surface area contributed by atoms with Crippen LogP contribution in [0, 0.1) is 0 Å². The van der Waals surface area contributed by atoms with Gasteiger partial charge < -0.3 is 9.84 Å². The largest absolute Gasteiger partial charge is 0.384 e. The van der Waals surface area contributed by atoms with Gasteiger partial charge in [0.2, 0.25) is 0 Å². The Hall–Kier alpha value is -1.65. The van der Waals surface area contributed by atoms with Gasteiger partial charge in [0, 0.05) is 12.8 Å². The Bertz CT molecular complexity index is 468. The molecule has 96 valence electrons. The number of aliphatic hydroxyl groups is 1. The summed E-state index contributed by atoms with van der Waals surface area (Å²) in [6.45, 7) is 3.00. The molecule has 1 aromatic carbocycles. The second kappa shape index (κ2) is 6.33. The van der Waals surface area contributed by atoms with E-state index in [0.29, 0.717) is 13.2 Å². The Morgan fingerprint density at radius 1 is 1.28 bits per heavy atom. The molecule has 18 heavy (non-hydrogen) atoms. The van der Waals surface area contributed by atoms with E-state index in [1.54, 1.807) is 10.9 Å². The van der Waals surface area contributed by atoms with Crippen molar-refractivity contribution in [2.75, 3.05) is 13.2 Å². The van der Waals surface area contributed by atoms with Crippen LogP contribution in [0.15, 0.2) is 42.6 Å². The Kier molecular flexibility index (Phi) is 4.50. The van der Waals surface area contributed by atoms with Crippen LogP contribution < -0.4 is 0 Å². The summed E-state index contributed by atoms with van der Waals surface area (Å²) in [5, 5.41) is 14.3. The zero-order valence-electron chi connectivity index (χ0n) is 10.5. The van der Waals surface area contributed by atoms with Crippen LogP contribution in [0.5, 0.6) is 0 Å². The Labute approximate surface area is 107 Å². The minimum absolute atomic E-state index is 0.298. The molecule has 0 radical (unpaired) electrons. The summed E-state index contributed by atoms with van der Waals surface area (Å²) in [7, 11) is 0. The standard InChI is InChI=1S/C14H18N2O2/c1-2-10-18-11-14(17)13-8-9-15-16(13)12-6-4-3-5-7-12/h3-9,14,17H,2,10-11H2,1H3. The highest BCUT2D eigenvalue weighted by atomic mass is 16.5. The van der Waals surface area contributed by atoms with Crippen molar-refractivity contribution in [1.29, 1.82) is 0 Å². The number of nitrogens with zero attached hydrogens (tertiary/aromatic N) is 2. The molecule has 4 nitrogen and oxygen atoms in total. The van der Waals surface area contributed by atoms with Crippen molar-refractivity contribution in [1.82, 2.24) is 9.78 Å². The van der Waals surface area contributed by atoms with E-state index in [4.69, 9.17) is 4.74 Å². The van der Waals surface area contributed by atoms with Gasteiger partial charge in [0.1, 0.15) is 6.10 Å². The minimum Gasteiger partial charge on any atom is -0.384 e. The van der Waals surface area contributed by atoms with Gasteiger partial charge >= 0.3 is 0 Å². The molecule has 0 saturated heterocycles. The normalized spacial score (nSPS) is 12.6. The Morgan fingerprint density at radius 3 is 2.78 bits per heavy atom. The predicted octanol–water partition coefficient (Wildman–Crippen LogP) is 2.33. The van der Waals surface area contributed by atoms with Crippen molar-refractivity contribution in [3.63, 3.8) is 0 Å². The third kappa shape index (κ3) is 2.97. The van der Waals surface area contributed by atoms with Crippen molar-refractivity contribution >= 4 is 0 Å². The number of ether oxygens (including phenoxy) is 1. The lowest BCUT2D eigenvalue weighted by Gasteiger charge is -2.13. The molecule has 4 heteroatoms. The quantitative estimate of drug-likeness (QED) is 0.796. The zero-order valence-corrected chi connectivity index (χ0v) is 10.5. The second-order valence-electron chi connectivity index (χ2n) is 4.09. The Morgan fingerprint density at radius 2 is 2.06 bits per heavy atom. The number of rotatable bonds is 6. The summed E-state index contributed by atoms with van der Waals surface area (Å²) < 4.78 is 7.10. The monoisotopic (exact) mass is 246 g/mol. The molecule has 0 aliphatic rings. The SMILES string of the molecule is CCCOCC(O)c1ccnn1-c1ccccc1. The molecule has 1 heterocycles. The number of hydrogen-bond donors (Lipinski definition) is 1. The van der Waals surface area contributed by atoms with Gasteiger partial charge in [0.25, 0.3) is 0 Å². The lowest BCUT2D eigenvalue weighted by molar-refractivity contribution is 0.0330. The molecule has 0 saturated carbocycles. The molecule has 1 unspecified atom stereocenters. The summed E-state index contributed by atoms with van der Waals surface area (Å²) in [6.07, 6.45) is 1.98. The molecule has 1 atom stereocenters. The minimum atomic E-state index is -0.653. The molecular formula is C14H18N2O2. The lowest BCUT2D eigenvalue weighted by atomic mass is 10.2. The Balaban J connectivity index is 2.12. The van der Waals surface area contributed by atoms with Crippen LogP contribution in [0.4, 0.5) is 0 Å². The van der Waals surface area contributed by atoms with E-state index in [9.17, 15) is 5.11 Å². The molecule has 0 spiro atoms. The first-order chi connectivity index (χ1) is 8.83. The van der Waals surface area contributed by atoms with E-state index in [1.165, 1.54) is 0 Å². The summed E-state index contributed by atoms with van der Waals surface area (Å²) in [5.41, 5.74) is 1.68. The summed E-state index contributed by atoms with van der Waals surface area (Å²) in [4.78, 5) is 0. The highest BCUT2D eigenvalue weighted by molar-refractivity contribution is 5.32. The highest BCUT2D eigenvalue weighted by Crippen LogP contribution is 2.17. The van der Waals surface area contributed by atoms with Crippen LogP contribution in [0.1, 0.15) is 25.1 Å². The molecule has 0 aliphatic carbocycles. The fraction of sp³-hybridized carbons (Fsp3) is 0.357. The number of hydrogen-bond acceptors (Lipinski definition) is 3. The molecular weight excluding hydrogens is 228 g/mol. The maximum atomic E-state index is 10.1. The van der Waals surface area contributed by atoms with E-state index in [0.717, 1.165) is 17.8 Å². The van der Waals surface area contributed by atoms with Crippen molar-refractivity contribution in [3.05, 3.63) is 48.3 Å². The predicted molar refractivity (Wildman–Crippen MR) is 69.6 cm³/mol. The molecule has 1 aromatic heterocycles. The summed E-state index contributed by atoms with van der Waals surface area (Å²) >= 11 is 0. The van der Waals surface area contributed by atoms with E-state index in [2.05, 4.69) is 5.10 Å². The van der Waals surface area contributed by atoms with Gasteiger partial charge in [-0.1, -0.05) is 25.1 Å². The van der Waals surface area contributed by atoms with Crippen molar-refractivity contribution in [3.8, 4) is 5.69 Å². The topological polar surface area (TPSA) is 47.3 Å². The number of benzene rings is 1. The first-order valence-electron chi connectivity index (χ1n) is 6.18. The summed E-state index contributed by atoms with van der Waals surface area (Å²) in [6, 6.07) is 11.6. The van der Waals surface area contributed by atoms with Crippen LogP contribution in [0.25, 0.3) is 5.69 Å². The molecule has 2 rings (SSSR count). The number of aromatic nitrogens is 2.